The second-order valence-corrected chi connectivity index (χ2v) is 6.50. The van der Waals surface area contributed by atoms with Gasteiger partial charge >= 0.3 is 0 Å². The van der Waals surface area contributed by atoms with Crippen LogP contribution in [-0.2, 0) is 19.5 Å². The van der Waals surface area contributed by atoms with Crippen LogP contribution in [-0.4, -0.2) is 29.3 Å². The van der Waals surface area contributed by atoms with Crippen molar-refractivity contribution in [3.63, 3.8) is 0 Å². The van der Waals surface area contributed by atoms with Crippen LogP contribution >= 0.6 is 0 Å². The number of unbranched alkanes of at least 4 members (excludes halogenated alkanes) is 2. The summed E-state index contributed by atoms with van der Waals surface area (Å²) in [6.07, 6.45) is 13.7. The Balaban J connectivity index is 1.89. The van der Waals surface area contributed by atoms with Gasteiger partial charge in [0.15, 0.2) is 5.75 Å². The fourth-order valence-electron chi connectivity index (χ4n) is 3.32. The Kier molecular flexibility index (Phi) is 5.94. The molecule has 3 rings (SSSR count). The normalized spacial score (nSPS) is 11.1. The van der Waals surface area contributed by atoms with Gasteiger partial charge in [-0.1, -0.05) is 19.8 Å². The SMILES string of the molecule is CCCCCc1c(O)c(O)n(CCCn2ccnc2)c1-c1ccncc1. The largest absolute Gasteiger partial charge is 0.503 e. The van der Waals surface area contributed by atoms with E-state index in [4.69, 9.17) is 0 Å². The smallest absolute Gasteiger partial charge is 0.235 e. The molecule has 6 heteroatoms. The van der Waals surface area contributed by atoms with Gasteiger partial charge < -0.3 is 19.3 Å². The van der Waals surface area contributed by atoms with Gasteiger partial charge in [-0.3, -0.25) is 4.98 Å². The molecule has 0 amide bonds. The minimum Gasteiger partial charge on any atom is -0.503 e. The average molecular weight is 354 g/mol. The van der Waals surface area contributed by atoms with Crippen molar-refractivity contribution < 1.29 is 10.2 Å². The molecule has 0 unspecified atom stereocenters. The molecule has 0 fully saturated rings. The summed E-state index contributed by atoms with van der Waals surface area (Å²) in [5.41, 5.74) is 2.68. The molecule has 26 heavy (non-hydrogen) atoms. The summed E-state index contributed by atoms with van der Waals surface area (Å²) in [5.74, 6) is -0.0375. The fourth-order valence-corrected chi connectivity index (χ4v) is 3.32. The minimum absolute atomic E-state index is 0.00976. The molecule has 0 spiro atoms. The second-order valence-electron chi connectivity index (χ2n) is 6.50. The number of rotatable bonds is 9. The maximum Gasteiger partial charge on any atom is 0.235 e. The van der Waals surface area contributed by atoms with Crippen molar-refractivity contribution in [2.45, 2.75) is 52.1 Å². The summed E-state index contributed by atoms with van der Waals surface area (Å²) in [5, 5.41) is 21.1. The maximum absolute atomic E-state index is 10.6. The van der Waals surface area contributed by atoms with E-state index in [9.17, 15) is 10.2 Å². The third kappa shape index (κ3) is 3.90. The number of imidazole rings is 1. The van der Waals surface area contributed by atoms with E-state index in [2.05, 4.69) is 16.9 Å². The van der Waals surface area contributed by atoms with Gasteiger partial charge in [0.25, 0.3) is 0 Å². The van der Waals surface area contributed by atoms with E-state index in [1.807, 2.05) is 27.5 Å². The predicted octanol–water partition coefficient (Wildman–Crippen LogP) is 3.98. The van der Waals surface area contributed by atoms with Crippen LogP contribution in [0.3, 0.4) is 0 Å². The van der Waals surface area contributed by atoms with Gasteiger partial charge in [-0.2, -0.15) is 0 Å². The number of hydrogen-bond donors (Lipinski definition) is 2. The summed E-state index contributed by atoms with van der Waals surface area (Å²) in [6, 6.07) is 3.84. The first-order valence-electron chi connectivity index (χ1n) is 9.21. The zero-order chi connectivity index (χ0) is 18.4. The summed E-state index contributed by atoms with van der Waals surface area (Å²) in [4.78, 5) is 8.14. The molecule has 3 heterocycles. The fraction of sp³-hybridized carbons (Fsp3) is 0.400. The molecular formula is C20H26N4O2. The Hall–Kier alpha value is -2.76. The Labute approximate surface area is 153 Å². The minimum atomic E-state index is -0.0473. The first-order valence-corrected chi connectivity index (χ1v) is 9.21. The zero-order valence-electron chi connectivity index (χ0n) is 15.2. The second kappa shape index (κ2) is 8.56. The first kappa shape index (κ1) is 18.0. The Bertz CT molecular complexity index is 810. The van der Waals surface area contributed by atoms with Crippen LogP contribution < -0.4 is 0 Å². The zero-order valence-corrected chi connectivity index (χ0v) is 15.2. The van der Waals surface area contributed by atoms with Crippen molar-refractivity contribution in [3.8, 4) is 22.9 Å². The van der Waals surface area contributed by atoms with Gasteiger partial charge in [0.05, 0.1) is 12.0 Å². The quantitative estimate of drug-likeness (QED) is 0.570. The molecule has 0 aliphatic rings. The molecule has 6 nitrogen and oxygen atoms in total. The van der Waals surface area contributed by atoms with E-state index in [0.29, 0.717) is 6.54 Å². The molecule has 0 bridgehead atoms. The number of nitrogens with zero attached hydrogens (tertiary/aromatic N) is 4. The number of hydrogen-bond acceptors (Lipinski definition) is 4. The highest BCUT2D eigenvalue weighted by atomic mass is 16.3. The lowest BCUT2D eigenvalue weighted by Gasteiger charge is -2.12. The van der Waals surface area contributed by atoms with Gasteiger partial charge in [0, 0.05) is 49.0 Å². The van der Waals surface area contributed by atoms with Gasteiger partial charge in [-0.25, -0.2) is 4.98 Å². The van der Waals surface area contributed by atoms with Crippen molar-refractivity contribution in [2.24, 2.45) is 0 Å². The average Bonchev–Trinajstić information content (AvgIpc) is 3.26. The lowest BCUT2D eigenvalue weighted by molar-refractivity contribution is 0.367. The van der Waals surface area contributed by atoms with Crippen molar-refractivity contribution in [1.82, 2.24) is 19.1 Å². The summed E-state index contributed by atoms with van der Waals surface area (Å²) >= 11 is 0. The van der Waals surface area contributed by atoms with Crippen LogP contribution in [0.1, 0.15) is 38.2 Å². The van der Waals surface area contributed by atoms with Crippen LogP contribution in [0.15, 0.2) is 43.2 Å². The van der Waals surface area contributed by atoms with Crippen molar-refractivity contribution >= 4 is 0 Å². The lowest BCUT2D eigenvalue weighted by Crippen LogP contribution is -2.05. The van der Waals surface area contributed by atoms with E-state index in [-0.39, 0.29) is 11.6 Å². The van der Waals surface area contributed by atoms with Crippen LogP contribution in [0, 0.1) is 0 Å². The van der Waals surface area contributed by atoms with Crippen LogP contribution in [0.4, 0.5) is 0 Å². The highest BCUT2D eigenvalue weighted by molar-refractivity contribution is 5.70. The molecule has 0 atom stereocenters. The van der Waals surface area contributed by atoms with Crippen molar-refractivity contribution in [2.75, 3.05) is 0 Å². The molecule has 0 radical (unpaired) electrons. The summed E-state index contributed by atoms with van der Waals surface area (Å²) < 4.78 is 3.83. The Morgan fingerprint density at radius 1 is 0.962 bits per heavy atom. The third-order valence-electron chi connectivity index (χ3n) is 4.65. The number of pyridine rings is 1. The Morgan fingerprint density at radius 2 is 1.77 bits per heavy atom. The van der Waals surface area contributed by atoms with Crippen LogP contribution in [0.5, 0.6) is 11.6 Å². The van der Waals surface area contributed by atoms with Gasteiger partial charge in [0.1, 0.15) is 0 Å². The monoisotopic (exact) mass is 354 g/mol. The van der Waals surface area contributed by atoms with E-state index in [0.717, 1.165) is 55.5 Å². The molecule has 0 aromatic carbocycles. The highest BCUT2D eigenvalue weighted by Crippen LogP contribution is 2.41. The summed E-state index contributed by atoms with van der Waals surface area (Å²) in [6.45, 7) is 3.57. The van der Waals surface area contributed by atoms with E-state index in [1.165, 1.54) is 0 Å². The topological polar surface area (TPSA) is 76.1 Å². The molecule has 0 aliphatic heterocycles. The van der Waals surface area contributed by atoms with Crippen LogP contribution in [0.25, 0.3) is 11.3 Å². The van der Waals surface area contributed by atoms with E-state index >= 15 is 0 Å². The Morgan fingerprint density at radius 3 is 2.46 bits per heavy atom. The molecular weight excluding hydrogens is 328 g/mol. The number of aromatic hydroxyl groups is 2. The number of aryl methyl sites for hydroxylation is 1. The van der Waals surface area contributed by atoms with E-state index in [1.54, 1.807) is 24.9 Å². The molecule has 0 aliphatic carbocycles. The number of aromatic nitrogens is 4. The van der Waals surface area contributed by atoms with Crippen molar-refractivity contribution in [3.05, 3.63) is 48.8 Å². The molecule has 3 aromatic heterocycles. The van der Waals surface area contributed by atoms with Gasteiger partial charge in [-0.15, -0.1) is 0 Å². The summed E-state index contributed by atoms with van der Waals surface area (Å²) in [7, 11) is 0. The lowest BCUT2D eigenvalue weighted by atomic mass is 10.0. The first-order chi connectivity index (χ1) is 12.7. The van der Waals surface area contributed by atoms with Crippen molar-refractivity contribution in [1.29, 1.82) is 0 Å². The van der Waals surface area contributed by atoms with E-state index < -0.39 is 0 Å². The highest BCUT2D eigenvalue weighted by Gasteiger charge is 2.22. The molecule has 138 valence electrons. The molecule has 3 aromatic rings. The standard InChI is InChI=1S/C20H26N4O2/c1-2-3-4-6-17-18(16-7-9-21-10-8-16)24(20(26)19(17)25)13-5-12-23-14-11-22-15-23/h7-11,14-15,25-26H,2-6,12-13H2,1H3. The maximum atomic E-state index is 10.6. The predicted molar refractivity (Wildman–Crippen MR) is 101 cm³/mol. The molecule has 0 saturated carbocycles. The van der Waals surface area contributed by atoms with Crippen LogP contribution in [0.2, 0.25) is 0 Å². The third-order valence-corrected chi connectivity index (χ3v) is 4.65. The van der Waals surface area contributed by atoms with Gasteiger partial charge in [0.2, 0.25) is 5.88 Å². The molecule has 2 N–H and O–H groups in total. The molecule has 0 saturated heterocycles. The van der Waals surface area contributed by atoms with Gasteiger partial charge in [-0.05, 0) is 31.4 Å².